The summed E-state index contributed by atoms with van der Waals surface area (Å²) in [5.74, 6) is 1.73. The van der Waals surface area contributed by atoms with Gasteiger partial charge in [-0.05, 0) is 81.5 Å². The molecule has 1 fully saturated rings. The van der Waals surface area contributed by atoms with Crippen molar-refractivity contribution in [3.63, 3.8) is 0 Å². The normalized spacial score (nSPS) is 24.6. The molecule has 2 aromatic carbocycles. The molecular weight excluding hydrogens is 552 g/mol. The van der Waals surface area contributed by atoms with Gasteiger partial charge in [0.05, 0.1) is 0 Å². The Morgan fingerprint density at radius 1 is 0.927 bits per heavy atom. The molecule has 0 saturated carbocycles. The predicted octanol–water partition coefficient (Wildman–Crippen LogP) is 6.09. The summed E-state index contributed by atoms with van der Waals surface area (Å²) >= 11 is 4.14. The number of hydrogen-bond donors (Lipinski definition) is 4. The van der Waals surface area contributed by atoms with Crippen molar-refractivity contribution in [3.8, 4) is 11.5 Å². The molecule has 2 aromatic rings. The summed E-state index contributed by atoms with van der Waals surface area (Å²) in [4.78, 5) is 22.9. The van der Waals surface area contributed by atoms with Gasteiger partial charge in [0.25, 0.3) is 0 Å². The van der Waals surface area contributed by atoms with Gasteiger partial charge in [0.1, 0.15) is 11.5 Å². The molecule has 1 saturated heterocycles. The topological polar surface area (TPSA) is 114 Å². The third-order valence-electron chi connectivity index (χ3n) is 6.89. The van der Waals surface area contributed by atoms with E-state index >= 15 is 0 Å². The summed E-state index contributed by atoms with van der Waals surface area (Å²) in [5.41, 5.74) is 6.09. The van der Waals surface area contributed by atoms with Crippen LogP contribution in [-0.4, -0.2) is 42.8 Å². The lowest BCUT2D eigenvalue weighted by atomic mass is 9.90. The van der Waals surface area contributed by atoms with Gasteiger partial charge in [0, 0.05) is 24.5 Å². The molecule has 2 aliphatic carbocycles. The molecule has 218 valence electrons. The maximum atomic E-state index is 11.8. The van der Waals surface area contributed by atoms with E-state index < -0.39 is 6.09 Å². The standard InChI is InChI=1S/C15H20N2O2.C10H15NO.C6H6O.BPS/c16-13-10-6-1-2-7-11-14(13)17-15(18)19-12-8-4-3-5-9-12;12-10-7-8-5-3-1-2-4-6-9(8)11-10;7-6-4-2-1-3-5-6;1-2-3/h1-5,8-9,13-14H,6-7,10-11,16H2,(H,17,18);1-2,8-9H,3-7H2,(H,11,12);1-5,7H;/b2*2-1+;;/t13-,14+;;;/m0.../s1. The van der Waals surface area contributed by atoms with Gasteiger partial charge in [-0.3, -0.25) is 4.79 Å². The molecule has 2 amide bonds. The third-order valence-corrected chi connectivity index (χ3v) is 6.89. The van der Waals surface area contributed by atoms with Crippen LogP contribution in [0.15, 0.2) is 85.0 Å². The smallest absolute Gasteiger partial charge is 0.412 e. The zero-order valence-corrected chi connectivity index (χ0v) is 25.1. The number of rotatable bonds is 2. The van der Waals surface area contributed by atoms with Crippen LogP contribution >= 0.6 is 7.23 Å². The molecule has 1 heterocycles. The van der Waals surface area contributed by atoms with E-state index in [2.05, 4.69) is 54.3 Å². The third kappa shape index (κ3) is 15.0. The molecule has 5 N–H and O–H groups in total. The summed E-state index contributed by atoms with van der Waals surface area (Å²) < 4.78 is 5.21. The minimum Gasteiger partial charge on any atom is -0.508 e. The second-order valence-corrected chi connectivity index (χ2v) is 10.8. The van der Waals surface area contributed by atoms with E-state index in [9.17, 15) is 9.59 Å². The van der Waals surface area contributed by atoms with Crippen LogP contribution in [0.1, 0.15) is 57.8 Å². The Bertz CT molecular complexity index is 1070. The van der Waals surface area contributed by atoms with Crippen LogP contribution < -0.4 is 21.1 Å². The number of carbonyl (C=O) groups is 2. The van der Waals surface area contributed by atoms with Crippen LogP contribution in [0.3, 0.4) is 0 Å². The molecule has 0 aromatic heterocycles. The van der Waals surface area contributed by atoms with E-state index in [0.717, 1.165) is 51.4 Å². The summed E-state index contributed by atoms with van der Waals surface area (Å²) in [6.07, 6.45) is 17.3. The average Bonchev–Trinajstić information content (AvgIpc) is 3.29. The van der Waals surface area contributed by atoms with E-state index in [0.29, 0.717) is 30.7 Å². The highest BCUT2D eigenvalue weighted by atomic mass is 32.4. The first-order valence-electron chi connectivity index (χ1n) is 14.1. The van der Waals surface area contributed by atoms with Gasteiger partial charge in [0.15, 0.2) is 7.57 Å². The lowest BCUT2D eigenvalue weighted by Crippen LogP contribution is -2.48. The highest BCUT2D eigenvalue weighted by molar-refractivity contribution is 8.07. The number of para-hydroxylation sites is 2. The summed E-state index contributed by atoms with van der Waals surface area (Å²) in [7, 11) is 5.13. The fourth-order valence-corrected chi connectivity index (χ4v) is 4.80. The monoisotopic (exact) mass is 593 g/mol. The second-order valence-electron chi connectivity index (χ2n) is 9.95. The van der Waals surface area contributed by atoms with Gasteiger partial charge in [-0.2, -0.15) is 0 Å². The van der Waals surface area contributed by atoms with E-state index in [1.165, 1.54) is 6.42 Å². The molecule has 0 spiro atoms. The van der Waals surface area contributed by atoms with Gasteiger partial charge < -0.3 is 26.2 Å². The van der Waals surface area contributed by atoms with Crippen LogP contribution in [0.25, 0.3) is 0 Å². The van der Waals surface area contributed by atoms with Gasteiger partial charge in [-0.1, -0.05) is 79.7 Å². The second kappa shape index (κ2) is 20.8. The first kappa shape index (κ1) is 34.2. The molecule has 2 radical (unpaired) electrons. The highest BCUT2D eigenvalue weighted by Gasteiger charge is 2.31. The maximum Gasteiger partial charge on any atom is 0.412 e. The number of hydrogen-bond acceptors (Lipinski definition) is 6. The van der Waals surface area contributed by atoms with Gasteiger partial charge in [0.2, 0.25) is 5.91 Å². The maximum absolute atomic E-state index is 11.8. The number of carbonyl (C=O) groups excluding carboxylic acids is 2. The van der Waals surface area contributed by atoms with Crippen LogP contribution in [0.5, 0.6) is 11.5 Å². The number of benzene rings is 2. The quantitative estimate of drug-likeness (QED) is 0.190. The van der Waals surface area contributed by atoms with Crippen molar-refractivity contribution in [2.45, 2.75) is 75.9 Å². The lowest BCUT2D eigenvalue weighted by molar-refractivity contribution is -0.119. The summed E-state index contributed by atoms with van der Waals surface area (Å²) in [6.45, 7) is 0. The van der Waals surface area contributed by atoms with Crippen molar-refractivity contribution in [2.75, 3.05) is 0 Å². The first-order valence-corrected chi connectivity index (χ1v) is 16.1. The summed E-state index contributed by atoms with van der Waals surface area (Å²) in [6, 6.07) is 18.2. The van der Waals surface area contributed by atoms with E-state index in [-0.39, 0.29) is 18.0 Å². The Morgan fingerprint density at radius 3 is 2.05 bits per heavy atom. The minimum absolute atomic E-state index is 0.0201. The molecule has 5 rings (SSSR count). The van der Waals surface area contributed by atoms with E-state index in [4.69, 9.17) is 15.6 Å². The highest BCUT2D eigenvalue weighted by Crippen LogP contribution is 2.26. The van der Waals surface area contributed by atoms with Crippen LogP contribution in [-0.2, 0) is 16.6 Å². The van der Waals surface area contributed by atoms with Crippen molar-refractivity contribution in [1.82, 2.24) is 10.6 Å². The molecule has 41 heavy (non-hydrogen) atoms. The number of fused-ring (bicyclic) bond motifs is 1. The first-order chi connectivity index (χ1) is 19.9. The zero-order valence-electron chi connectivity index (χ0n) is 23.4. The Balaban J connectivity index is 0.000000226. The lowest BCUT2D eigenvalue weighted by Gasteiger charge is -2.25. The van der Waals surface area contributed by atoms with Crippen LogP contribution in [0.2, 0.25) is 0 Å². The zero-order chi connectivity index (χ0) is 29.7. The molecule has 2 unspecified atom stereocenters. The van der Waals surface area contributed by atoms with Crippen molar-refractivity contribution in [2.24, 2.45) is 11.7 Å². The Kier molecular flexibility index (Phi) is 17.4. The molecule has 3 aliphatic rings. The number of ether oxygens (including phenoxy) is 1. The van der Waals surface area contributed by atoms with Crippen molar-refractivity contribution in [1.29, 1.82) is 0 Å². The molecule has 10 heteroatoms. The fourth-order valence-electron chi connectivity index (χ4n) is 4.80. The van der Waals surface area contributed by atoms with E-state index in [1.54, 1.807) is 36.4 Å². The summed E-state index contributed by atoms with van der Waals surface area (Å²) in [5, 5.41) is 14.5. The largest absolute Gasteiger partial charge is 0.508 e. The molecule has 1 aliphatic heterocycles. The number of amides is 2. The average molecular weight is 594 g/mol. The minimum atomic E-state index is -0.434. The fraction of sp³-hybridized carbons (Fsp3) is 0.419. The van der Waals surface area contributed by atoms with Crippen LogP contribution in [0, 0.1) is 5.92 Å². The molecular formula is C31H41BN3O4PS. The van der Waals surface area contributed by atoms with Gasteiger partial charge in [-0.25, -0.2) is 4.79 Å². The number of phenolic OH excluding ortho intramolecular Hbond substituents is 1. The molecule has 0 bridgehead atoms. The predicted molar refractivity (Wildman–Crippen MR) is 171 cm³/mol. The van der Waals surface area contributed by atoms with Crippen molar-refractivity contribution in [3.05, 3.63) is 85.0 Å². The number of nitrogens with two attached hydrogens (primary N) is 1. The number of allylic oxidation sites excluding steroid dienone is 4. The van der Waals surface area contributed by atoms with Crippen molar-refractivity contribution >= 4 is 38.6 Å². The number of aromatic hydroxyl groups is 1. The van der Waals surface area contributed by atoms with Gasteiger partial charge >= 0.3 is 6.09 Å². The van der Waals surface area contributed by atoms with Crippen LogP contribution in [0.4, 0.5) is 4.79 Å². The number of phenols is 1. The molecule has 7 nitrogen and oxygen atoms in total. The Morgan fingerprint density at radius 2 is 1.46 bits per heavy atom. The van der Waals surface area contributed by atoms with Crippen molar-refractivity contribution < 1.29 is 19.4 Å². The molecule has 4 atom stereocenters. The van der Waals surface area contributed by atoms with Gasteiger partial charge in [-0.15, -0.1) is 0 Å². The Labute approximate surface area is 252 Å². The SMILES string of the molecule is N[C@H]1CC/C=C/CC[C@H]1NC(=O)Oc1ccccc1.O=C1CC2CC/C=C/CCC2N1.Oc1ccccc1.[B]P=S. The Hall–Kier alpha value is -3.00. The number of nitrogens with one attached hydrogen (secondary N) is 2. The van der Waals surface area contributed by atoms with E-state index in [1.807, 2.05) is 24.3 Å².